The largest absolute Gasteiger partial charge is 0.266 e. The Labute approximate surface area is 130 Å². The van der Waals surface area contributed by atoms with Crippen LogP contribution in [-0.2, 0) is 16.4 Å². The number of fused-ring (bicyclic) bond motifs is 1. The summed E-state index contributed by atoms with van der Waals surface area (Å²) >= 11 is 0. The molecular formula is C17H18FNO2S. The first-order valence-electron chi connectivity index (χ1n) is 7.28. The summed E-state index contributed by atoms with van der Waals surface area (Å²) in [6.45, 7) is 4.10. The zero-order valence-corrected chi connectivity index (χ0v) is 13.5. The molecule has 3 rings (SSSR count). The number of sulfonamides is 1. The molecule has 2 aromatic rings. The quantitative estimate of drug-likeness (QED) is 0.848. The molecule has 2 aromatic carbocycles. The minimum atomic E-state index is -3.75. The van der Waals surface area contributed by atoms with Crippen molar-refractivity contribution in [1.82, 2.24) is 0 Å². The van der Waals surface area contributed by atoms with Crippen molar-refractivity contribution in [2.24, 2.45) is 0 Å². The Kier molecular flexibility index (Phi) is 3.68. The molecule has 0 saturated carbocycles. The molecule has 3 nitrogen and oxygen atoms in total. The highest BCUT2D eigenvalue weighted by Gasteiger charge is 2.30. The Morgan fingerprint density at radius 2 is 1.86 bits per heavy atom. The predicted octanol–water partition coefficient (Wildman–Crippen LogP) is 3.58. The third-order valence-electron chi connectivity index (χ3n) is 4.03. The second kappa shape index (κ2) is 5.39. The Morgan fingerprint density at radius 3 is 2.64 bits per heavy atom. The van der Waals surface area contributed by atoms with E-state index in [0.29, 0.717) is 17.8 Å². The van der Waals surface area contributed by atoms with Crippen molar-refractivity contribution >= 4 is 15.7 Å². The third-order valence-corrected chi connectivity index (χ3v) is 5.98. The summed E-state index contributed by atoms with van der Waals surface area (Å²) < 4.78 is 40.9. The molecule has 0 bridgehead atoms. The zero-order chi connectivity index (χ0) is 15.9. The molecule has 0 atom stereocenters. The van der Waals surface area contributed by atoms with Crippen LogP contribution in [0.5, 0.6) is 0 Å². The lowest BCUT2D eigenvalue weighted by atomic mass is 10.0. The van der Waals surface area contributed by atoms with Crippen molar-refractivity contribution in [2.45, 2.75) is 31.6 Å². The van der Waals surface area contributed by atoms with Gasteiger partial charge in [-0.2, -0.15) is 0 Å². The molecule has 1 aliphatic rings. The summed E-state index contributed by atoms with van der Waals surface area (Å²) in [5.74, 6) is -0.537. The molecule has 5 heteroatoms. The fourth-order valence-corrected chi connectivity index (χ4v) is 4.69. The average Bonchev–Trinajstić information content (AvgIpc) is 2.48. The lowest BCUT2D eigenvalue weighted by molar-refractivity contribution is 0.581. The molecule has 0 aliphatic carbocycles. The van der Waals surface area contributed by atoms with Crippen LogP contribution in [0.4, 0.5) is 10.1 Å². The van der Waals surface area contributed by atoms with E-state index < -0.39 is 15.8 Å². The van der Waals surface area contributed by atoms with Crippen LogP contribution >= 0.6 is 0 Å². The van der Waals surface area contributed by atoms with Gasteiger partial charge in [-0.1, -0.05) is 23.8 Å². The van der Waals surface area contributed by atoms with Gasteiger partial charge in [-0.3, -0.25) is 4.31 Å². The van der Waals surface area contributed by atoms with Gasteiger partial charge in [0.25, 0.3) is 10.0 Å². The summed E-state index contributed by atoms with van der Waals surface area (Å²) in [7, 11) is -3.75. The molecule has 0 spiro atoms. The number of hydrogen-bond acceptors (Lipinski definition) is 2. The summed E-state index contributed by atoms with van der Waals surface area (Å²) in [6, 6.07) is 9.66. The lowest BCUT2D eigenvalue weighted by Crippen LogP contribution is -2.36. The molecule has 0 fully saturated rings. The van der Waals surface area contributed by atoms with Gasteiger partial charge in [0.1, 0.15) is 5.82 Å². The number of anilines is 1. The maximum atomic E-state index is 13.5. The van der Waals surface area contributed by atoms with Crippen molar-refractivity contribution in [3.05, 3.63) is 58.9 Å². The Bertz CT molecular complexity index is 831. The molecule has 0 radical (unpaired) electrons. The number of halogens is 1. The molecule has 0 amide bonds. The van der Waals surface area contributed by atoms with Gasteiger partial charge >= 0.3 is 0 Å². The monoisotopic (exact) mass is 319 g/mol. The van der Waals surface area contributed by atoms with Gasteiger partial charge in [0.05, 0.1) is 10.6 Å². The van der Waals surface area contributed by atoms with Crippen LogP contribution in [-0.4, -0.2) is 15.0 Å². The van der Waals surface area contributed by atoms with Gasteiger partial charge in [-0.05, 0) is 56.0 Å². The van der Waals surface area contributed by atoms with Crippen molar-refractivity contribution in [1.29, 1.82) is 0 Å². The summed E-state index contributed by atoms with van der Waals surface area (Å²) in [6.07, 6.45) is 1.63. The van der Waals surface area contributed by atoms with E-state index in [-0.39, 0.29) is 4.90 Å². The third kappa shape index (κ3) is 2.50. The van der Waals surface area contributed by atoms with Crippen LogP contribution in [0.2, 0.25) is 0 Å². The van der Waals surface area contributed by atoms with E-state index in [1.807, 2.05) is 25.1 Å². The second-order valence-electron chi connectivity index (χ2n) is 5.72. The van der Waals surface area contributed by atoms with E-state index in [9.17, 15) is 12.8 Å². The number of rotatable bonds is 2. The van der Waals surface area contributed by atoms with E-state index in [0.717, 1.165) is 30.0 Å². The Balaban J connectivity index is 2.14. The molecule has 0 saturated heterocycles. The molecule has 0 aromatic heterocycles. The SMILES string of the molecule is Cc1ccc2c(c1)CCCN2S(=O)(=O)c1cc(F)ccc1C. The molecule has 0 N–H and O–H groups in total. The van der Waals surface area contributed by atoms with Crippen molar-refractivity contribution in [2.75, 3.05) is 10.8 Å². The second-order valence-corrected chi connectivity index (χ2v) is 7.55. The normalized spacial score (nSPS) is 14.8. The molecule has 1 aliphatic heterocycles. The van der Waals surface area contributed by atoms with Gasteiger partial charge in [0, 0.05) is 6.54 Å². The molecule has 0 unspecified atom stereocenters. The van der Waals surface area contributed by atoms with Crippen molar-refractivity contribution in [3.63, 3.8) is 0 Å². The molecule has 116 valence electrons. The molecule has 1 heterocycles. The van der Waals surface area contributed by atoms with Crippen LogP contribution in [0.15, 0.2) is 41.3 Å². The number of aryl methyl sites for hydroxylation is 3. The Hall–Kier alpha value is -1.88. The first kappa shape index (κ1) is 15.0. The van der Waals surface area contributed by atoms with Crippen LogP contribution in [0, 0.1) is 19.7 Å². The number of benzene rings is 2. The minimum absolute atomic E-state index is 0.0425. The summed E-state index contributed by atoms with van der Waals surface area (Å²) in [5.41, 5.74) is 3.41. The van der Waals surface area contributed by atoms with Crippen molar-refractivity contribution in [3.8, 4) is 0 Å². The summed E-state index contributed by atoms with van der Waals surface area (Å²) in [5, 5.41) is 0. The van der Waals surface area contributed by atoms with Gasteiger partial charge in [0.2, 0.25) is 0 Å². The highest BCUT2D eigenvalue weighted by atomic mass is 32.2. The van der Waals surface area contributed by atoms with Gasteiger partial charge in [0.15, 0.2) is 0 Å². The molecular weight excluding hydrogens is 301 g/mol. The van der Waals surface area contributed by atoms with Gasteiger partial charge in [-0.15, -0.1) is 0 Å². The highest BCUT2D eigenvalue weighted by molar-refractivity contribution is 7.92. The average molecular weight is 319 g/mol. The van der Waals surface area contributed by atoms with Gasteiger partial charge in [-0.25, -0.2) is 12.8 Å². The summed E-state index contributed by atoms with van der Waals surface area (Å²) in [4.78, 5) is 0.0425. The predicted molar refractivity (Wildman–Crippen MR) is 85.2 cm³/mol. The smallest absolute Gasteiger partial charge is 0.264 e. The zero-order valence-electron chi connectivity index (χ0n) is 12.6. The minimum Gasteiger partial charge on any atom is -0.266 e. The fourth-order valence-electron chi connectivity index (χ4n) is 2.91. The van der Waals surface area contributed by atoms with Crippen molar-refractivity contribution < 1.29 is 12.8 Å². The van der Waals surface area contributed by atoms with E-state index in [1.54, 1.807) is 6.92 Å². The van der Waals surface area contributed by atoms with Crippen LogP contribution in [0.25, 0.3) is 0 Å². The highest BCUT2D eigenvalue weighted by Crippen LogP contribution is 2.33. The number of hydrogen-bond donors (Lipinski definition) is 0. The van der Waals surface area contributed by atoms with E-state index in [1.165, 1.54) is 16.4 Å². The van der Waals surface area contributed by atoms with E-state index in [4.69, 9.17) is 0 Å². The first-order chi connectivity index (χ1) is 10.4. The Morgan fingerprint density at radius 1 is 1.09 bits per heavy atom. The van der Waals surface area contributed by atoms with E-state index in [2.05, 4.69) is 0 Å². The maximum absolute atomic E-state index is 13.5. The first-order valence-corrected chi connectivity index (χ1v) is 8.72. The topological polar surface area (TPSA) is 37.4 Å². The van der Waals surface area contributed by atoms with E-state index >= 15 is 0 Å². The molecule has 22 heavy (non-hydrogen) atoms. The standard InChI is InChI=1S/C17H18FNO2S/c1-12-5-8-16-14(10-12)4-3-9-19(16)22(20,21)17-11-15(18)7-6-13(17)2/h5-8,10-11H,3-4,9H2,1-2H3. The fraction of sp³-hybridized carbons (Fsp3) is 0.294. The van der Waals surface area contributed by atoms with Gasteiger partial charge < -0.3 is 0 Å². The van der Waals surface area contributed by atoms with Crippen LogP contribution < -0.4 is 4.31 Å². The van der Waals surface area contributed by atoms with Crippen LogP contribution in [0.1, 0.15) is 23.1 Å². The number of nitrogens with zero attached hydrogens (tertiary/aromatic N) is 1. The lowest BCUT2D eigenvalue weighted by Gasteiger charge is -2.31. The maximum Gasteiger partial charge on any atom is 0.264 e. The van der Waals surface area contributed by atoms with Crippen LogP contribution in [0.3, 0.4) is 0 Å².